The summed E-state index contributed by atoms with van der Waals surface area (Å²) in [5.74, 6) is -4.05. The summed E-state index contributed by atoms with van der Waals surface area (Å²) in [4.78, 5) is 49.7. The maximum atomic E-state index is 14.8. The second-order valence-electron chi connectivity index (χ2n) is 16.9. The molecule has 3 heterocycles. The van der Waals surface area contributed by atoms with Gasteiger partial charge in [-0.3, -0.25) is 23.7 Å². The van der Waals surface area contributed by atoms with Gasteiger partial charge in [0.15, 0.2) is 11.6 Å². The molecule has 3 aromatic carbocycles. The smallest absolute Gasteiger partial charge is 0.297 e. The second-order valence-corrected chi connectivity index (χ2v) is 19.1. The van der Waals surface area contributed by atoms with Crippen molar-refractivity contribution in [2.24, 2.45) is 5.92 Å². The van der Waals surface area contributed by atoms with Gasteiger partial charge in [0.2, 0.25) is 21.8 Å². The van der Waals surface area contributed by atoms with E-state index in [1.165, 1.54) is 11.0 Å². The second kappa shape index (κ2) is 15.7. The van der Waals surface area contributed by atoms with Gasteiger partial charge in [0.25, 0.3) is 11.9 Å². The van der Waals surface area contributed by atoms with E-state index < -0.39 is 67.9 Å². The average molecular weight is 829 g/mol. The molecule has 1 saturated heterocycles. The molecule has 1 aromatic heterocycles. The number of benzene rings is 3. The van der Waals surface area contributed by atoms with Crippen molar-refractivity contribution < 1.29 is 36.3 Å². The number of allylic oxidation sites excluding steroid dienone is 1. The van der Waals surface area contributed by atoms with Gasteiger partial charge in [-0.1, -0.05) is 61.4 Å². The lowest BCUT2D eigenvalue weighted by Gasteiger charge is -2.30. The molecule has 3 N–H and O–H groups in total. The highest BCUT2D eigenvalue weighted by atomic mass is 32.2. The van der Waals surface area contributed by atoms with Crippen LogP contribution in [0, 0.1) is 17.6 Å². The zero-order valence-corrected chi connectivity index (χ0v) is 34.2. The summed E-state index contributed by atoms with van der Waals surface area (Å²) in [7, 11) is -4.00. The molecule has 2 aliphatic heterocycles. The number of imidazole rings is 1. The van der Waals surface area contributed by atoms with Crippen molar-refractivity contribution in [2.75, 3.05) is 11.9 Å². The molecule has 3 fully saturated rings. The molecule has 3 amide bonds. The molecule has 59 heavy (non-hydrogen) atoms. The van der Waals surface area contributed by atoms with Gasteiger partial charge in [-0.25, -0.2) is 17.2 Å². The minimum Gasteiger partial charge on any atom is -0.459 e. The van der Waals surface area contributed by atoms with Crippen LogP contribution in [-0.4, -0.2) is 75.6 Å². The number of hydrogen-bond acceptors (Lipinski definition) is 8. The Labute approximate surface area is 342 Å². The average Bonchev–Trinajstić information content (AvgIpc) is 4.02. The third-order valence-corrected chi connectivity index (χ3v) is 14.5. The molecule has 8 rings (SSSR count). The highest BCUT2D eigenvalue weighted by molar-refractivity contribution is 7.91. The van der Waals surface area contributed by atoms with Crippen LogP contribution in [0.3, 0.4) is 0 Å². The van der Waals surface area contributed by atoms with E-state index in [4.69, 9.17) is 9.72 Å². The van der Waals surface area contributed by atoms with Crippen molar-refractivity contribution in [1.82, 2.24) is 24.5 Å². The Morgan fingerprint density at radius 2 is 1.78 bits per heavy atom. The largest absolute Gasteiger partial charge is 0.459 e. The van der Waals surface area contributed by atoms with Crippen LogP contribution in [0.5, 0.6) is 6.01 Å². The molecular formula is C44H50F2N6O6S. The number of nitrogens with zero attached hydrogens (tertiary/aromatic N) is 3. The van der Waals surface area contributed by atoms with Crippen LogP contribution in [-0.2, 0) is 24.4 Å². The van der Waals surface area contributed by atoms with E-state index in [0.717, 1.165) is 43.5 Å². The number of halogens is 2. The lowest BCUT2D eigenvalue weighted by Crippen LogP contribution is -2.58. The molecule has 5 atom stereocenters. The number of para-hydroxylation sites is 2. The monoisotopic (exact) mass is 828 g/mol. The summed E-state index contributed by atoms with van der Waals surface area (Å²) in [6.45, 7) is 5.54. The maximum absolute atomic E-state index is 14.8. The number of sulfonamides is 1. The normalized spacial score (nSPS) is 26.2. The Hall–Kier alpha value is -5.31. The number of rotatable bonds is 9. The van der Waals surface area contributed by atoms with Crippen LogP contribution >= 0.6 is 0 Å². The SMILES string of the molecule is CC(C)n1c(O[C@@H]2C[C@H]3C(=O)N[C@]4(C(=O)NS(=O)(=O)C5(C)CC5)C[C@H]4/C=C\CCCCC[C@H](Nc4ccccc4)C(=O)N3C2)nc2c(-c3ccc(F)c(F)c3)cccc21. The van der Waals surface area contributed by atoms with Crippen LogP contribution in [0.4, 0.5) is 14.5 Å². The van der Waals surface area contributed by atoms with E-state index in [1.807, 2.05) is 67.0 Å². The van der Waals surface area contributed by atoms with E-state index in [1.54, 1.807) is 19.1 Å². The predicted octanol–water partition coefficient (Wildman–Crippen LogP) is 6.79. The van der Waals surface area contributed by atoms with E-state index in [0.29, 0.717) is 41.4 Å². The molecule has 312 valence electrons. The van der Waals surface area contributed by atoms with Gasteiger partial charge in [0.1, 0.15) is 29.2 Å². The van der Waals surface area contributed by atoms with E-state index >= 15 is 0 Å². The topological polar surface area (TPSA) is 152 Å². The summed E-state index contributed by atoms with van der Waals surface area (Å²) in [6.07, 6.45) is 7.99. The fourth-order valence-electron chi connectivity index (χ4n) is 8.41. The van der Waals surface area contributed by atoms with E-state index in [-0.39, 0.29) is 37.3 Å². The lowest BCUT2D eigenvalue weighted by molar-refractivity contribution is -0.140. The van der Waals surface area contributed by atoms with Crippen LogP contribution in [0.2, 0.25) is 0 Å². The number of amides is 3. The Morgan fingerprint density at radius 1 is 1.00 bits per heavy atom. The fourth-order valence-corrected chi connectivity index (χ4v) is 9.72. The Kier molecular flexibility index (Phi) is 10.8. The first-order valence-electron chi connectivity index (χ1n) is 20.5. The standard InChI is InChI=1S/C44H50F2N6O6S/c1-27(2)52-36-18-12-16-32(28-19-20-33(45)34(46)23-28)38(36)48-42(52)58-31-24-37-39(53)49-44(41(55)50-59(56,57)43(3)21-22-43)25-29(44)13-8-5-4-6-11-17-35(40(54)51(37)26-31)47-30-14-9-7-10-15-30/h7-10,12-16,18-20,23,27,29,31,35,37,47H,4-6,11,17,21-22,24-26H2,1-3H3,(H,49,53)(H,50,55)/b13-8-/t29-,31-,35+,37+,44-/m1/s1. The minimum absolute atomic E-state index is 0.0243. The van der Waals surface area contributed by atoms with Gasteiger partial charge < -0.3 is 20.3 Å². The summed E-state index contributed by atoms with van der Waals surface area (Å²) >= 11 is 0. The molecule has 0 radical (unpaired) electrons. The van der Waals surface area contributed by atoms with Gasteiger partial charge in [-0.2, -0.15) is 4.98 Å². The Balaban J connectivity index is 1.13. The van der Waals surface area contributed by atoms with Crippen molar-refractivity contribution in [2.45, 2.75) is 113 Å². The summed E-state index contributed by atoms with van der Waals surface area (Å²) < 4.78 is 64.5. The highest BCUT2D eigenvalue weighted by Crippen LogP contribution is 2.47. The van der Waals surface area contributed by atoms with Gasteiger partial charge in [0, 0.05) is 29.6 Å². The number of aromatic nitrogens is 2. The van der Waals surface area contributed by atoms with Crippen LogP contribution in [0.25, 0.3) is 22.2 Å². The highest BCUT2D eigenvalue weighted by Gasteiger charge is 2.63. The van der Waals surface area contributed by atoms with Gasteiger partial charge in [-0.05, 0) is 95.2 Å². The molecule has 4 aliphatic rings. The third kappa shape index (κ3) is 7.93. The van der Waals surface area contributed by atoms with Gasteiger partial charge >= 0.3 is 0 Å². The number of fused-ring (bicyclic) bond motifs is 3. The van der Waals surface area contributed by atoms with Gasteiger partial charge in [0.05, 0.1) is 16.8 Å². The zero-order valence-electron chi connectivity index (χ0n) is 33.4. The lowest BCUT2D eigenvalue weighted by atomic mass is 10.0. The quantitative estimate of drug-likeness (QED) is 0.156. The number of carbonyl (C=O) groups is 3. The first-order chi connectivity index (χ1) is 28.2. The van der Waals surface area contributed by atoms with E-state index in [9.17, 15) is 31.6 Å². The molecule has 2 aliphatic carbocycles. The number of carbonyl (C=O) groups excluding carboxylic acids is 3. The van der Waals surface area contributed by atoms with Crippen molar-refractivity contribution in [3.63, 3.8) is 0 Å². The third-order valence-electron chi connectivity index (χ3n) is 12.3. The van der Waals surface area contributed by atoms with Crippen molar-refractivity contribution in [3.05, 3.63) is 90.5 Å². The molecule has 0 bridgehead atoms. The maximum Gasteiger partial charge on any atom is 0.297 e. The minimum atomic E-state index is -4.00. The predicted molar refractivity (Wildman–Crippen MR) is 220 cm³/mol. The van der Waals surface area contributed by atoms with Crippen LogP contribution < -0.4 is 20.1 Å². The fraction of sp³-hybridized carbons (Fsp3) is 0.455. The van der Waals surface area contributed by atoms with Crippen LogP contribution in [0.15, 0.2) is 78.9 Å². The molecular weight excluding hydrogens is 779 g/mol. The summed E-state index contributed by atoms with van der Waals surface area (Å²) in [5, 5.41) is 6.34. The van der Waals surface area contributed by atoms with Crippen molar-refractivity contribution >= 4 is 44.5 Å². The molecule has 2 saturated carbocycles. The van der Waals surface area contributed by atoms with Gasteiger partial charge in [-0.15, -0.1) is 0 Å². The molecule has 0 spiro atoms. The molecule has 4 aromatic rings. The Bertz CT molecular complexity index is 2420. The van der Waals surface area contributed by atoms with Crippen LogP contribution in [0.1, 0.15) is 84.6 Å². The van der Waals surface area contributed by atoms with Crippen molar-refractivity contribution in [3.8, 4) is 17.1 Å². The molecule has 15 heteroatoms. The summed E-state index contributed by atoms with van der Waals surface area (Å²) in [6, 6.07) is 16.9. The molecule has 0 unspecified atom stereocenters. The Morgan fingerprint density at radius 3 is 2.51 bits per heavy atom. The molecule has 12 nitrogen and oxygen atoms in total. The first kappa shape index (κ1) is 40.5. The first-order valence-corrected chi connectivity index (χ1v) is 22.0. The van der Waals surface area contributed by atoms with Crippen molar-refractivity contribution in [1.29, 1.82) is 0 Å². The number of anilines is 1. The summed E-state index contributed by atoms with van der Waals surface area (Å²) in [5.41, 5.74) is 1.45. The number of hydrogen-bond donors (Lipinski definition) is 3. The zero-order chi connectivity index (χ0) is 41.7. The number of ether oxygens (including phenoxy) is 1. The number of nitrogens with one attached hydrogen (secondary N) is 3. The van der Waals surface area contributed by atoms with E-state index in [2.05, 4.69) is 15.4 Å².